The molecule has 188 valence electrons. The Labute approximate surface area is 205 Å². The summed E-state index contributed by atoms with van der Waals surface area (Å²) in [5.41, 5.74) is 4.50. The summed E-state index contributed by atoms with van der Waals surface area (Å²) in [6, 6.07) is 12.5. The second-order valence-electron chi connectivity index (χ2n) is 8.90. The van der Waals surface area contributed by atoms with Crippen LogP contribution < -0.4 is 15.5 Å². The highest BCUT2D eigenvalue weighted by Gasteiger charge is 2.51. The number of carbonyl (C=O) groups excluding carboxylic acids is 3. The summed E-state index contributed by atoms with van der Waals surface area (Å²) in [6.45, 7) is 8.29. The van der Waals surface area contributed by atoms with Crippen LogP contribution in [0.1, 0.15) is 42.5 Å². The number of aryl methyl sites for hydroxylation is 2. The molecule has 0 bridgehead atoms. The van der Waals surface area contributed by atoms with Crippen molar-refractivity contribution in [2.24, 2.45) is 0 Å². The van der Waals surface area contributed by atoms with Gasteiger partial charge in [0.2, 0.25) is 5.91 Å². The van der Waals surface area contributed by atoms with Gasteiger partial charge in [0, 0.05) is 13.1 Å². The zero-order valence-corrected chi connectivity index (χ0v) is 20.6. The van der Waals surface area contributed by atoms with Crippen LogP contribution in [-0.4, -0.2) is 53.8 Å². The van der Waals surface area contributed by atoms with Crippen LogP contribution in [0.5, 0.6) is 5.75 Å². The maximum Gasteiger partial charge on any atom is 0.407 e. The van der Waals surface area contributed by atoms with Crippen LogP contribution in [0.2, 0.25) is 0 Å². The molecule has 0 aliphatic carbocycles. The fraction of sp³-hybridized carbons (Fsp3) is 0.423. The number of likely N-dealkylation sites (tertiary alicyclic amines) is 1. The van der Waals surface area contributed by atoms with Crippen molar-refractivity contribution in [3.63, 3.8) is 0 Å². The van der Waals surface area contributed by atoms with Gasteiger partial charge in [-0.2, -0.15) is 0 Å². The first kappa shape index (κ1) is 26.0. The fourth-order valence-corrected chi connectivity index (χ4v) is 4.46. The number of carbonyl (C=O) groups is 3. The molecule has 2 aromatic carbocycles. The van der Waals surface area contributed by atoms with Gasteiger partial charge in [0.15, 0.2) is 0 Å². The Hall–Kier alpha value is -3.59. The lowest BCUT2D eigenvalue weighted by molar-refractivity contribution is -0.144. The van der Waals surface area contributed by atoms with E-state index in [4.69, 9.17) is 14.7 Å². The normalized spacial score (nSPS) is 18.2. The molecular formula is C26H33N3O6. The molecule has 9 heteroatoms. The third-order valence-electron chi connectivity index (χ3n) is 6.27. The summed E-state index contributed by atoms with van der Waals surface area (Å²) in [5.74, 6) is -0.390. The number of alkyl carbamates (subject to hydrolysis) is 1. The molecule has 3 N–H and O–H groups in total. The van der Waals surface area contributed by atoms with Gasteiger partial charge in [-0.3, -0.25) is 14.8 Å². The number of ether oxygens (including phenoxy) is 2. The molecule has 0 spiro atoms. The van der Waals surface area contributed by atoms with Gasteiger partial charge in [-0.05, 0) is 57.4 Å². The van der Waals surface area contributed by atoms with Gasteiger partial charge in [0.05, 0.1) is 0 Å². The second kappa shape index (κ2) is 11.2. The van der Waals surface area contributed by atoms with Crippen molar-refractivity contribution < 1.29 is 29.1 Å². The molecule has 9 nitrogen and oxygen atoms in total. The van der Waals surface area contributed by atoms with Crippen LogP contribution in [0.4, 0.5) is 4.79 Å². The van der Waals surface area contributed by atoms with Gasteiger partial charge < -0.3 is 19.7 Å². The number of nitrogens with one attached hydrogen (secondary N) is 2. The number of hydroxylamine groups is 1. The van der Waals surface area contributed by atoms with Crippen molar-refractivity contribution in [2.75, 3.05) is 19.7 Å². The summed E-state index contributed by atoms with van der Waals surface area (Å²) >= 11 is 0. The molecule has 0 aromatic heterocycles. The Balaban J connectivity index is 1.81. The number of rotatable bonds is 9. The lowest BCUT2D eigenvalue weighted by atomic mass is 9.79. The van der Waals surface area contributed by atoms with Crippen LogP contribution in [0.25, 0.3) is 0 Å². The van der Waals surface area contributed by atoms with Crippen molar-refractivity contribution in [3.8, 4) is 5.75 Å². The second-order valence-corrected chi connectivity index (χ2v) is 8.90. The highest BCUT2D eigenvalue weighted by Crippen LogP contribution is 2.38. The highest BCUT2D eigenvalue weighted by atomic mass is 16.5. The van der Waals surface area contributed by atoms with E-state index in [0.29, 0.717) is 30.9 Å². The SMILES string of the molecule is CCNC(=O)OCC1(c2ccc(OCc3cc(C)cc(C)c3)cc2)CCN(C(C)C(=O)NO)C1=O. The molecule has 2 unspecified atom stereocenters. The van der Waals surface area contributed by atoms with Gasteiger partial charge in [-0.1, -0.05) is 41.5 Å². The quantitative estimate of drug-likeness (QED) is 0.373. The molecule has 1 fully saturated rings. The standard InChI is InChI=1S/C26H33N3O6/c1-5-27-25(32)35-16-26(10-11-29(24(26)31)19(4)23(30)28-33)21-6-8-22(9-7-21)34-15-20-13-17(2)12-18(3)14-20/h6-9,12-14,19,33H,5,10-11,15-16H2,1-4H3,(H,27,32)(H,28,30). The minimum atomic E-state index is -1.15. The number of nitrogens with zero attached hydrogens (tertiary/aromatic N) is 1. The van der Waals surface area contributed by atoms with Gasteiger partial charge in [0.25, 0.3) is 5.91 Å². The van der Waals surface area contributed by atoms with E-state index in [2.05, 4.69) is 23.5 Å². The van der Waals surface area contributed by atoms with Crippen LogP contribution in [0, 0.1) is 13.8 Å². The number of hydrogen-bond acceptors (Lipinski definition) is 6. The predicted octanol–water partition coefficient (Wildman–Crippen LogP) is 2.99. The maximum absolute atomic E-state index is 13.5. The molecule has 2 atom stereocenters. The Bertz CT molecular complexity index is 1050. The number of hydrogen-bond donors (Lipinski definition) is 3. The van der Waals surface area contributed by atoms with E-state index < -0.39 is 23.5 Å². The van der Waals surface area contributed by atoms with E-state index >= 15 is 0 Å². The molecular weight excluding hydrogens is 450 g/mol. The molecule has 1 saturated heterocycles. The molecule has 0 radical (unpaired) electrons. The summed E-state index contributed by atoms with van der Waals surface area (Å²) in [7, 11) is 0. The van der Waals surface area contributed by atoms with Crippen LogP contribution in [-0.2, 0) is 26.3 Å². The van der Waals surface area contributed by atoms with Crippen molar-refractivity contribution in [3.05, 3.63) is 64.7 Å². The smallest absolute Gasteiger partial charge is 0.407 e. The molecule has 2 aromatic rings. The Morgan fingerprint density at radius 1 is 1.14 bits per heavy atom. The molecule has 0 saturated carbocycles. The van der Waals surface area contributed by atoms with Crippen molar-refractivity contribution >= 4 is 17.9 Å². The average Bonchev–Trinajstić information content (AvgIpc) is 3.17. The Morgan fingerprint density at radius 2 is 1.80 bits per heavy atom. The first-order chi connectivity index (χ1) is 16.7. The minimum absolute atomic E-state index is 0.176. The average molecular weight is 484 g/mol. The third-order valence-corrected chi connectivity index (χ3v) is 6.27. The van der Waals surface area contributed by atoms with E-state index in [1.807, 2.05) is 13.8 Å². The zero-order valence-electron chi connectivity index (χ0n) is 20.6. The molecule has 1 aliphatic rings. The highest BCUT2D eigenvalue weighted by molar-refractivity contribution is 5.95. The van der Waals surface area contributed by atoms with Crippen LogP contribution in [0.3, 0.4) is 0 Å². The monoisotopic (exact) mass is 483 g/mol. The van der Waals surface area contributed by atoms with Gasteiger partial charge >= 0.3 is 6.09 Å². The Morgan fingerprint density at radius 3 is 2.40 bits per heavy atom. The van der Waals surface area contributed by atoms with E-state index in [1.54, 1.807) is 36.7 Å². The molecule has 35 heavy (non-hydrogen) atoms. The summed E-state index contributed by atoms with van der Waals surface area (Å²) < 4.78 is 11.3. The van der Waals surface area contributed by atoms with E-state index in [1.165, 1.54) is 23.0 Å². The topological polar surface area (TPSA) is 117 Å². The van der Waals surface area contributed by atoms with Gasteiger partial charge in [0.1, 0.15) is 30.4 Å². The molecule has 1 aliphatic heterocycles. The fourth-order valence-electron chi connectivity index (χ4n) is 4.46. The van der Waals surface area contributed by atoms with Crippen molar-refractivity contribution in [2.45, 2.75) is 52.2 Å². The summed E-state index contributed by atoms with van der Waals surface area (Å²) in [5, 5.41) is 11.6. The lowest BCUT2D eigenvalue weighted by Gasteiger charge is -2.30. The minimum Gasteiger partial charge on any atom is -0.489 e. The Kier molecular flexibility index (Phi) is 8.34. The number of benzene rings is 2. The third kappa shape index (κ3) is 5.92. The lowest BCUT2D eigenvalue weighted by Crippen LogP contribution is -2.49. The van der Waals surface area contributed by atoms with E-state index in [0.717, 1.165) is 5.56 Å². The van der Waals surface area contributed by atoms with Crippen molar-refractivity contribution in [1.82, 2.24) is 15.7 Å². The molecule has 1 heterocycles. The van der Waals surface area contributed by atoms with Crippen LogP contribution >= 0.6 is 0 Å². The van der Waals surface area contributed by atoms with Gasteiger partial charge in [-0.15, -0.1) is 0 Å². The summed E-state index contributed by atoms with van der Waals surface area (Å²) in [4.78, 5) is 38.9. The molecule has 3 rings (SSSR count). The number of amides is 3. The maximum atomic E-state index is 13.5. The molecule has 3 amide bonds. The zero-order chi connectivity index (χ0) is 25.6. The first-order valence-electron chi connectivity index (χ1n) is 11.7. The van der Waals surface area contributed by atoms with Crippen LogP contribution in [0.15, 0.2) is 42.5 Å². The predicted molar refractivity (Wildman–Crippen MR) is 129 cm³/mol. The van der Waals surface area contributed by atoms with Gasteiger partial charge in [-0.25, -0.2) is 10.3 Å². The van der Waals surface area contributed by atoms with E-state index in [-0.39, 0.29) is 19.1 Å². The van der Waals surface area contributed by atoms with Crippen molar-refractivity contribution in [1.29, 1.82) is 0 Å². The summed E-state index contributed by atoms with van der Waals surface area (Å²) in [6.07, 6.45) is -0.274. The largest absolute Gasteiger partial charge is 0.489 e. The first-order valence-corrected chi connectivity index (χ1v) is 11.7. The van der Waals surface area contributed by atoms with E-state index in [9.17, 15) is 14.4 Å².